The van der Waals surface area contributed by atoms with Crippen LogP contribution in [0.15, 0.2) is 24.3 Å². The van der Waals surface area contributed by atoms with Crippen LogP contribution in [0.25, 0.3) is 11.3 Å². The van der Waals surface area contributed by atoms with Crippen molar-refractivity contribution >= 4 is 5.97 Å². The maximum Gasteiger partial charge on any atom is 0.303 e. The third kappa shape index (κ3) is 2.74. The zero-order valence-electron chi connectivity index (χ0n) is 9.90. The Hall–Kier alpha value is -2.17. The number of imidazole rings is 1. The van der Waals surface area contributed by atoms with Crippen molar-refractivity contribution in [2.75, 3.05) is 0 Å². The standard InChI is InChI=1S/C13H13FN2O2/c1-8-13(9-2-4-10(14)5-3-9)16-11(15-8)6-7-12(17)18/h2-5H,6-7H2,1H3,(H,15,16)(H,17,18). The van der Waals surface area contributed by atoms with Crippen molar-refractivity contribution in [3.63, 3.8) is 0 Å². The van der Waals surface area contributed by atoms with Crippen LogP contribution in [-0.4, -0.2) is 21.0 Å². The quantitative estimate of drug-likeness (QED) is 0.873. The molecule has 2 aromatic rings. The van der Waals surface area contributed by atoms with E-state index < -0.39 is 5.97 Å². The lowest BCUT2D eigenvalue weighted by Crippen LogP contribution is -1.98. The molecule has 0 aliphatic carbocycles. The number of H-pyrrole nitrogens is 1. The lowest BCUT2D eigenvalue weighted by atomic mass is 10.1. The molecular weight excluding hydrogens is 235 g/mol. The highest BCUT2D eigenvalue weighted by molar-refractivity contribution is 5.67. The molecule has 0 radical (unpaired) electrons. The van der Waals surface area contributed by atoms with Crippen molar-refractivity contribution in [1.29, 1.82) is 0 Å². The minimum Gasteiger partial charge on any atom is -0.481 e. The summed E-state index contributed by atoms with van der Waals surface area (Å²) < 4.78 is 12.8. The molecule has 18 heavy (non-hydrogen) atoms. The van der Waals surface area contributed by atoms with E-state index in [1.165, 1.54) is 12.1 Å². The van der Waals surface area contributed by atoms with Gasteiger partial charge in [0.2, 0.25) is 0 Å². The molecule has 1 heterocycles. The van der Waals surface area contributed by atoms with Crippen molar-refractivity contribution < 1.29 is 14.3 Å². The number of carboxylic acid groups (broad SMARTS) is 1. The van der Waals surface area contributed by atoms with Gasteiger partial charge in [-0.15, -0.1) is 0 Å². The van der Waals surface area contributed by atoms with E-state index in [0.29, 0.717) is 12.2 Å². The van der Waals surface area contributed by atoms with Crippen molar-refractivity contribution in [3.05, 3.63) is 41.6 Å². The number of nitrogens with zero attached hydrogens (tertiary/aromatic N) is 1. The Balaban J connectivity index is 2.23. The average molecular weight is 248 g/mol. The third-order valence-electron chi connectivity index (χ3n) is 2.63. The number of carboxylic acids is 1. The lowest BCUT2D eigenvalue weighted by molar-refractivity contribution is -0.137. The van der Waals surface area contributed by atoms with Crippen molar-refractivity contribution in [3.8, 4) is 11.3 Å². The van der Waals surface area contributed by atoms with Gasteiger partial charge in [-0.3, -0.25) is 4.79 Å². The number of hydrogen-bond acceptors (Lipinski definition) is 2. The Morgan fingerprint density at radius 1 is 1.39 bits per heavy atom. The summed E-state index contributed by atoms with van der Waals surface area (Å²) >= 11 is 0. The number of aryl methyl sites for hydroxylation is 2. The van der Waals surface area contributed by atoms with E-state index in [4.69, 9.17) is 5.11 Å². The molecule has 1 aromatic heterocycles. The van der Waals surface area contributed by atoms with Gasteiger partial charge in [0, 0.05) is 17.7 Å². The number of halogens is 1. The minimum atomic E-state index is -0.854. The number of aromatic amines is 1. The van der Waals surface area contributed by atoms with Gasteiger partial charge in [-0.2, -0.15) is 0 Å². The molecule has 0 unspecified atom stereocenters. The van der Waals surface area contributed by atoms with E-state index in [2.05, 4.69) is 9.97 Å². The van der Waals surface area contributed by atoms with Gasteiger partial charge in [-0.25, -0.2) is 9.37 Å². The molecule has 0 amide bonds. The molecule has 0 atom stereocenters. The number of nitrogens with one attached hydrogen (secondary N) is 1. The lowest BCUT2D eigenvalue weighted by Gasteiger charge is -1.97. The maximum absolute atomic E-state index is 12.8. The third-order valence-corrected chi connectivity index (χ3v) is 2.63. The number of rotatable bonds is 4. The summed E-state index contributed by atoms with van der Waals surface area (Å²) in [6, 6.07) is 6.06. The van der Waals surface area contributed by atoms with Gasteiger partial charge in [-0.1, -0.05) is 0 Å². The molecule has 0 spiro atoms. The highest BCUT2D eigenvalue weighted by atomic mass is 19.1. The molecule has 0 saturated carbocycles. The number of aliphatic carboxylic acids is 1. The predicted molar refractivity (Wildman–Crippen MR) is 64.7 cm³/mol. The number of aromatic nitrogens is 2. The largest absolute Gasteiger partial charge is 0.481 e. The van der Waals surface area contributed by atoms with E-state index in [1.807, 2.05) is 6.92 Å². The maximum atomic E-state index is 12.8. The molecule has 0 fully saturated rings. The van der Waals surface area contributed by atoms with E-state index in [0.717, 1.165) is 17.0 Å². The Bertz CT molecular complexity index is 561. The first kappa shape index (κ1) is 12.3. The van der Waals surface area contributed by atoms with Crippen LogP contribution < -0.4 is 0 Å². The molecule has 4 nitrogen and oxygen atoms in total. The Morgan fingerprint density at radius 3 is 2.67 bits per heavy atom. The van der Waals surface area contributed by atoms with Crippen LogP contribution in [0.4, 0.5) is 4.39 Å². The summed E-state index contributed by atoms with van der Waals surface area (Å²) in [4.78, 5) is 17.9. The predicted octanol–water partition coefficient (Wildman–Crippen LogP) is 2.54. The molecule has 2 rings (SSSR count). The van der Waals surface area contributed by atoms with E-state index >= 15 is 0 Å². The second-order valence-electron chi connectivity index (χ2n) is 4.06. The molecule has 0 aliphatic heterocycles. The topological polar surface area (TPSA) is 66.0 Å². The zero-order chi connectivity index (χ0) is 13.1. The highest BCUT2D eigenvalue weighted by Crippen LogP contribution is 2.21. The van der Waals surface area contributed by atoms with Gasteiger partial charge in [0.15, 0.2) is 0 Å². The molecule has 94 valence electrons. The van der Waals surface area contributed by atoms with Crippen molar-refractivity contribution in [1.82, 2.24) is 9.97 Å². The fraction of sp³-hybridized carbons (Fsp3) is 0.231. The second-order valence-corrected chi connectivity index (χ2v) is 4.06. The molecule has 0 saturated heterocycles. The van der Waals surface area contributed by atoms with Crippen LogP contribution in [0.1, 0.15) is 17.9 Å². The Morgan fingerprint density at radius 2 is 2.06 bits per heavy atom. The van der Waals surface area contributed by atoms with Gasteiger partial charge < -0.3 is 10.1 Å². The second kappa shape index (κ2) is 5.00. The first-order chi connectivity index (χ1) is 8.56. The van der Waals surface area contributed by atoms with E-state index in [-0.39, 0.29) is 12.2 Å². The first-order valence-corrected chi connectivity index (χ1v) is 5.59. The molecule has 1 aromatic carbocycles. The average Bonchev–Trinajstić information content (AvgIpc) is 2.69. The van der Waals surface area contributed by atoms with Gasteiger partial charge in [0.25, 0.3) is 0 Å². The molecule has 5 heteroatoms. The summed E-state index contributed by atoms with van der Waals surface area (Å²) in [7, 11) is 0. The minimum absolute atomic E-state index is 0.0375. The van der Waals surface area contributed by atoms with Crippen LogP contribution in [0.3, 0.4) is 0 Å². The van der Waals surface area contributed by atoms with Gasteiger partial charge >= 0.3 is 5.97 Å². The summed E-state index contributed by atoms with van der Waals surface area (Å²) in [5.74, 6) is -0.514. The number of carbonyl (C=O) groups is 1. The molecule has 2 N–H and O–H groups in total. The summed E-state index contributed by atoms with van der Waals surface area (Å²) in [6.07, 6.45) is 0.396. The van der Waals surface area contributed by atoms with Gasteiger partial charge in [0.1, 0.15) is 11.6 Å². The zero-order valence-corrected chi connectivity index (χ0v) is 9.90. The first-order valence-electron chi connectivity index (χ1n) is 5.59. The summed E-state index contributed by atoms with van der Waals surface area (Å²) in [5.41, 5.74) is 2.39. The van der Waals surface area contributed by atoms with E-state index in [1.54, 1.807) is 12.1 Å². The van der Waals surface area contributed by atoms with Gasteiger partial charge in [0.05, 0.1) is 12.1 Å². The summed E-state index contributed by atoms with van der Waals surface area (Å²) in [6.45, 7) is 1.86. The summed E-state index contributed by atoms with van der Waals surface area (Å²) in [5, 5.41) is 8.62. The van der Waals surface area contributed by atoms with Crippen molar-refractivity contribution in [2.24, 2.45) is 0 Å². The van der Waals surface area contributed by atoms with Crippen LogP contribution >= 0.6 is 0 Å². The SMILES string of the molecule is Cc1[nH]c(CCC(=O)O)nc1-c1ccc(F)cc1. The van der Waals surface area contributed by atoms with Gasteiger partial charge in [-0.05, 0) is 31.2 Å². The van der Waals surface area contributed by atoms with Crippen LogP contribution in [0.5, 0.6) is 0 Å². The van der Waals surface area contributed by atoms with Crippen LogP contribution in [-0.2, 0) is 11.2 Å². The fourth-order valence-electron chi connectivity index (χ4n) is 1.75. The van der Waals surface area contributed by atoms with Crippen molar-refractivity contribution in [2.45, 2.75) is 19.8 Å². The van der Waals surface area contributed by atoms with E-state index in [9.17, 15) is 9.18 Å². The fourth-order valence-corrected chi connectivity index (χ4v) is 1.75. The normalized spacial score (nSPS) is 10.6. The smallest absolute Gasteiger partial charge is 0.303 e. The monoisotopic (exact) mass is 248 g/mol. The molecule has 0 aliphatic rings. The van der Waals surface area contributed by atoms with Crippen LogP contribution in [0, 0.1) is 12.7 Å². The number of hydrogen-bond donors (Lipinski definition) is 2. The molecular formula is C13H13FN2O2. The van der Waals surface area contributed by atoms with Crippen LogP contribution in [0.2, 0.25) is 0 Å². The molecule has 0 bridgehead atoms. The number of benzene rings is 1. The highest BCUT2D eigenvalue weighted by Gasteiger charge is 2.10. The Labute approximate surface area is 103 Å². The Kier molecular flexibility index (Phi) is 3.41.